The number of hydrogen-bond donors (Lipinski definition) is 0. The van der Waals surface area contributed by atoms with E-state index in [2.05, 4.69) is 0 Å². The third kappa shape index (κ3) is 2.20. The summed E-state index contributed by atoms with van der Waals surface area (Å²) >= 11 is 0. The lowest BCUT2D eigenvalue weighted by Crippen LogP contribution is -2.05. The Balaban J connectivity index is 1.91. The van der Waals surface area contributed by atoms with Crippen molar-refractivity contribution in [3.05, 3.63) is 71.5 Å². The van der Waals surface area contributed by atoms with Crippen molar-refractivity contribution in [3.63, 3.8) is 0 Å². The zero-order chi connectivity index (χ0) is 14.1. The summed E-state index contributed by atoms with van der Waals surface area (Å²) in [4.78, 5) is 12.1. The molecule has 0 atom stereocenters. The lowest BCUT2D eigenvalue weighted by Gasteiger charge is -2.01. The zero-order valence-corrected chi connectivity index (χ0v) is 10.4. The van der Waals surface area contributed by atoms with E-state index in [-0.39, 0.29) is 23.5 Å². The lowest BCUT2D eigenvalue weighted by atomic mass is 10.1. The van der Waals surface area contributed by atoms with Crippen LogP contribution in [0.25, 0.3) is 11.0 Å². The fraction of sp³-hybridized carbons (Fsp3) is 0.0625. The third-order valence-electron chi connectivity index (χ3n) is 3.08. The third-order valence-corrected chi connectivity index (χ3v) is 3.08. The Bertz CT molecular complexity index is 757. The lowest BCUT2D eigenvalue weighted by molar-refractivity contribution is 0.0967. The fourth-order valence-corrected chi connectivity index (χ4v) is 2.06. The van der Waals surface area contributed by atoms with E-state index in [1.54, 1.807) is 18.2 Å². The molecule has 2 aromatic carbocycles. The largest absolute Gasteiger partial charge is 0.453 e. The molecule has 0 aliphatic carbocycles. The maximum absolute atomic E-state index is 13.5. The van der Waals surface area contributed by atoms with Crippen molar-refractivity contribution in [1.82, 2.24) is 0 Å². The van der Waals surface area contributed by atoms with Crippen LogP contribution < -0.4 is 0 Å². The van der Waals surface area contributed by atoms with Crippen LogP contribution in [-0.2, 0) is 6.42 Å². The van der Waals surface area contributed by atoms with Crippen molar-refractivity contribution >= 4 is 16.8 Å². The highest BCUT2D eigenvalue weighted by Crippen LogP contribution is 2.21. The smallest absolute Gasteiger partial charge is 0.202 e. The van der Waals surface area contributed by atoms with E-state index >= 15 is 0 Å². The van der Waals surface area contributed by atoms with Gasteiger partial charge in [-0.05, 0) is 23.8 Å². The van der Waals surface area contributed by atoms with Crippen molar-refractivity contribution in [2.75, 3.05) is 0 Å². The second-order valence-corrected chi connectivity index (χ2v) is 4.46. The monoisotopic (exact) mass is 272 g/mol. The first-order chi connectivity index (χ1) is 9.65. The van der Waals surface area contributed by atoms with Gasteiger partial charge < -0.3 is 4.42 Å². The minimum atomic E-state index is -0.989. The van der Waals surface area contributed by atoms with Gasteiger partial charge >= 0.3 is 0 Å². The molecule has 0 bridgehead atoms. The highest BCUT2D eigenvalue weighted by molar-refractivity contribution is 5.98. The molecule has 0 fully saturated rings. The van der Waals surface area contributed by atoms with E-state index < -0.39 is 11.6 Å². The zero-order valence-electron chi connectivity index (χ0n) is 10.4. The van der Waals surface area contributed by atoms with Gasteiger partial charge in [-0.25, -0.2) is 8.78 Å². The molecule has 100 valence electrons. The number of fused-ring (bicyclic) bond motifs is 1. The van der Waals surface area contributed by atoms with E-state index in [0.717, 1.165) is 11.5 Å². The molecule has 4 heteroatoms. The van der Waals surface area contributed by atoms with Crippen LogP contribution >= 0.6 is 0 Å². The SMILES string of the molecule is O=C(Cc1cccc(F)c1F)c1cc2ccccc2o1. The van der Waals surface area contributed by atoms with Crippen molar-refractivity contribution in [2.24, 2.45) is 0 Å². The maximum atomic E-state index is 13.5. The van der Waals surface area contributed by atoms with Crippen LogP contribution in [0.3, 0.4) is 0 Å². The summed E-state index contributed by atoms with van der Waals surface area (Å²) in [6.07, 6.45) is -0.233. The van der Waals surface area contributed by atoms with Gasteiger partial charge in [0.15, 0.2) is 17.4 Å². The number of carbonyl (C=O) groups is 1. The molecular formula is C16H10F2O2. The first-order valence-electron chi connectivity index (χ1n) is 6.10. The van der Waals surface area contributed by atoms with Gasteiger partial charge in [0.1, 0.15) is 5.58 Å². The second kappa shape index (κ2) is 4.89. The second-order valence-electron chi connectivity index (χ2n) is 4.46. The summed E-state index contributed by atoms with van der Waals surface area (Å²) in [5.41, 5.74) is 0.617. The standard InChI is InChI=1S/C16H10F2O2/c17-12-6-3-5-11(16(12)18)8-13(19)15-9-10-4-1-2-7-14(10)20-15/h1-7,9H,8H2. The predicted octanol–water partition coefficient (Wildman–Crippen LogP) is 4.14. The average molecular weight is 272 g/mol. The van der Waals surface area contributed by atoms with E-state index in [9.17, 15) is 13.6 Å². The Hall–Kier alpha value is -2.49. The quantitative estimate of drug-likeness (QED) is 0.671. The number of benzene rings is 2. The molecule has 2 nitrogen and oxygen atoms in total. The molecule has 0 radical (unpaired) electrons. The summed E-state index contributed by atoms with van der Waals surface area (Å²) in [6, 6.07) is 12.6. The Morgan fingerprint density at radius 3 is 2.65 bits per heavy atom. The molecule has 0 spiro atoms. The van der Waals surface area contributed by atoms with Crippen LogP contribution in [0.1, 0.15) is 16.1 Å². The minimum Gasteiger partial charge on any atom is -0.453 e. The number of para-hydroxylation sites is 1. The number of hydrogen-bond acceptors (Lipinski definition) is 2. The van der Waals surface area contributed by atoms with Gasteiger partial charge in [0.2, 0.25) is 5.78 Å². The Morgan fingerprint density at radius 2 is 1.85 bits per heavy atom. The molecule has 1 heterocycles. The minimum absolute atomic E-state index is 0.0236. The van der Waals surface area contributed by atoms with Gasteiger partial charge in [0, 0.05) is 11.8 Å². The Kier molecular flexibility index (Phi) is 3.06. The van der Waals surface area contributed by atoms with E-state index in [1.165, 1.54) is 12.1 Å². The van der Waals surface area contributed by atoms with Crippen molar-refractivity contribution in [3.8, 4) is 0 Å². The van der Waals surface area contributed by atoms with Crippen molar-refractivity contribution in [1.29, 1.82) is 0 Å². The molecule has 0 saturated carbocycles. The summed E-state index contributed by atoms with van der Waals surface area (Å²) in [5.74, 6) is -2.18. The maximum Gasteiger partial charge on any atom is 0.202 e. The van der Waals surface area contributed by atoms with Crippen LogP contribution in [0.5, 0.6) is 0 Å². The number of furan rings is 1. The molecule has 0 amide bonds. The predicted molar refractivity (Wildman–Crippen MR) is 70.6 cm³/mol. The van der Waals surface area contributed by atoms with Gasteiger partial charge in [-0.15, -0.1) is 0 Å². The Labute approximate surface area is 113 Å². The highest BCUT2D eigenvalue weighted by atomic mass is 19.2. The molecule has 3 aromatic rings. The Morgan fingerprint density at radius 1 is 1.05 bits per heavy atom. The molecule has 0 saturated heterocycles. The normalized spacial score (nSPS) is 10.9. The molecule has 0 aliphatic rings. The van der Waals surface area contributed by atoms with E-state index in [1.807, 2.05) is 12.1 Å². The molecule has 3 rings (SSSR count). The molecular weight excluding hydrogens is 262 g/mol. The molecule has 1 aromatic heterocycles. The summed E-state index contributed by atoms with van der Waals surface area (Å²) in [6.45, 7) is 0. The topological polar surface area (TPSA) is 30.2 Å². The summed E-state index contributed by atoms with van der Waals surface area (Å²) in [7, 11) is 0. The van der Waals surface area contributed by atoms with Crippen molar-refractivity contribution < 1.29 is 18.0 Å². The van der Waals surface area contributed by atoms with Crippen LogP contribution in [0.15, 0.2) is 52.9 Å². The van der Waals surface area contributed by atoms with Crippen LogP contribution in [0.4, 0.5) is 8.78 Å². The first-order valence-corrected chi connectivity index (χ1v) is 6.10. The number of Topliss-reactive ketones (excluding diaryl/α,β-unsaturated/α-hetero) is 1. The number of halogens is 2. The molecule has 0 aliphatic heterocycles. The van der Waals surface area contributed by atoms with E-state index in [0.29, 0.717) is 5.58 Å². The molecule has 0 unspecified atom stereocenters. The van der Waals surface area contributed by atoms with Crippen LogP contribution in [-0.4, -0.2) is 5.78 Å². The number of carbonyl (C=O) groups excluding carboxylic acids is 1. The molecule has 20 heavy (non-hydrogen) atoms. The summed E-state index contributed by atoms with van der Waals surface area (Å²) < 4.78 is 32.0. The summed E-state index contributed by atoms with van der Waals surface area (Å²) in [5, 5.41) is 0.801. The van der Waals surface area contributed by atoms with Crippen LogP contribution in [0.2, 0.25) is 0 Å². The number of rotatable bonds is 3. The number of ketones is 1. The van der Waals surface area contributed by atoms with Crippen LogP contribution in [0, 0.1) is 11.6 Å². The van der Waals surface area contributed by atoms with Gasteiger partial charge in [0.05, 0.1) is 0 Å². The molecule has 0 N–H and O–H groups in total. The average Bonchev–Trinajstić information content (AvgIpc) is 2.88. The fourth-order valence-electron chi connectivity index (χ4n) is 2.06. The van der Waals surface area contributed by atoms with Crippen molar-refractivity contribution in [2.45, 2.75) is 6.42 Å². The first kappa shape index (κ1) is 12.5. The van der Waals surface area contributed by atoms with Gasteiger partial charge in [-0.2, -0.15) is 0 Å². The highest BCUT2D eigenvalue weighted by Gasteiger charge is 2.16. The van der Waals surface area contributed by atoms with Gasteiger partial charge in [-0.1, -0.05) is 30.3 Å². The van der Waals surface area contributed by atoms with Gasteiger partial charge in [0.25, 0.3) is 0 Å². The van der Waals surface area contributed by atoms with Gasteiger partial charge in [-0.3, -0.25) is 4.79 Å². The van der Waals surface area contributed by atoms with E-state index in [4.69, 9.17) is 4.42 Å².